The van der Waals surface area contributed by atoms with Crippen LogP contribution in [0.4, 0.5) is 0 Å². The lowest BCUT2D eigenvalue weighted by Gasteiger charge is -2.05. The average Bonchev–Trinajstić information content (AvgIpc) is 2.65. The van der Waals surface area contributed by atoms with E-state index in [1.54, 1.807) is 7.11 Å². The number of nitrogens with one attached hydrogen (secondary N) is 1. The number of rotatable bonds is 6. The third-order valence-corrected chi connectivity index (χ3v) is 2.36. The average molecular weight is 213 g/mol. The molecule has 2 atom stereocenters. The van der Waals surface area contributed by atoms with Crippen molar-refractivity contribution in [1.29, 1.82) is 0 Å². The van der Waals surface area contributed by atoms with Crippen LogP contribution in [0.3, 0.4) is 0 Å². The number of nitrogens with zero attached hydrogens (tertiary/aromatic N) is 2. The number of hydrogen-bond donors (Lipinski definition) is 1. The van der Waals surface area contributed by atoms with Gasteiger partial charge in [-0.05, 0) is 20.9 Å². The normalized spacial score (nSPS) is 15.2. The molecular weight excluding hydrogens is 194 g/mol. The Bertz CT molecular complexity index is 261. The van der Waals surface area contributed by atoms with Crippen LogP contribution in [-0.2, 0) is 17.6 Å². The van der Waals surface area contributed by atoms with E-state index in [0.717, 1.165) is 6.42 Å². The van der Waals surface area contributed by atoms with E-state index in [2.05, 4.69) is 22.4 Å². The molecule has 0 aliphatic carbocycles. The lowest BCUT2D eigenvalue weighted by atomic mass is 10.2. The smallest absolute Gasteiger partial charge is 0.228 e. The minimum absolute atomic E-state index is 0.122. The summed E-state index contributed by atoms with van der Waals surface area (Å²) in [6, 6.07) is 0.346. The Labute approximate surface area is 90.2 Å². The third-order valence-electron chi connectivity index (χ3n) is 2.36. The lowest BCUT2D eigenvalue weighted by molar-refractivity contribution is 0.116. The zero-order valence-corrected chi connectivity index (χ0v) is 9.78. The van der Waals surface area contributed by atoms with E-state index in [9.17, 15) is 0 Å². The van der Waals surface area contributed by atoms with Gasteiger partial charge in [0.05, 0.1) is 6.10 Å². The molecule has 0 aromatic carbocycles. The topological polar surface area (TPSA) is 60.2 Å². The first-order chi connectivity index (χ1) is 7.15. The number of methoxy groups -OCH3 is 1. The van der Waals surface area contributed by atoms with Crippen LogP contribution in [0.25, 0.3) is 0 Å². The van der Waals surface area contributed by atoms with Crippen LogP contribution in [0.5, 0.6) is 0 Å². The predicted octanol–water partition coefficient (Wildman–Crippen LogP) is 0.797. The zero-order chi connectivity index (χ0) is 11.3. The van der Waals surface area contributed by atoms with Gasteiger partial charge in [0.1, 0.15) is 0 Å². The fourth-order valence-corrected chi connectivity index (χ4v) is 1.16. The molecule has 5 nitrogen and oxygen atoms in total. The van der Waals surface area contributed by atoms with Crippen molar-refractivity contribution in [3.05, 3.63) is 11.7 Å². The highest BCUT2D eigenvalue weighted by Gasteiger charge is 2.11. The number of hydrogen-bond acceptors (Lipinski definition) is 5. The van der Waals surface area contributed by atoms with Crippen molar-refractivity contribution < 1.29 is 9.26 Å². The van der Waals surface area contributed by atoms with Crippen LogP contribution in [0.2, 0.25) is 0 Å². The maximum absolute atomic E-state index is 5.13. The van der Waals surface area contributed by atoms with Crippen LogP contribution < -0.4 is 5.32 Å². The van der Waals surface area contributed by atoms with E-state index >= 15 is 0 Å². The summed E-state index contributed by atoms with van der Waals surface area (Å²) in [6.45, 7) is 4.05. The van der Waals surface area contributed by atoms with Crippen molar-refractivity contribution in [2.45, 2.75) is 38.8 Å². The molecule has 1 aromatic rings. The molecule has 1 heterocycles. The molecular formula is C10H19N3O2. The van der Waals surface area contributed by atoms with Gasteiger partial charge in [0.15, 0.2) is 5.82 Å². The molecule has 5 heteroatoms. The Hall–Kier alpha value is -0.940. The molecule has 1 N–H and O–H groups in total. The third kappa shape index (κ3) is 3.97. The Balaban J connectivity index is 2.49. The van der Waals surface area contributed by atoms with Gasteiger partial charge in [0, 0.05) is 26.0 Å². The summed E-state index contributed by atoms with van der Waals surface area (Å²) < 4.78 is 10.3. The highest BCUT2D eigenvalue weighted by atomic mass is 16.5. The largest absolute Gasteiger partial charge is 0.381 e. The first kappa shape index (κ1) is 12.1. The molecule has 1 aromatic heterocycles. The Morgan fingerprint density at radius 2 is 2.13 bits per heavy atom. The van der Waals surface area contributed by atoms with Crippen LogP contribution in [0.1, 0.15) is 25.6 Å². The second kappa shape index (κ2) is 5.82. The molecule has 86 valence electrons. The predicted molar refractivity (Wildman–Crippen MR) is 56.7 cm³/mol. The quantitative estimate of drug-likeness (QED) is 0.757. The van der Waals surface area contributed by atoms with Crippen molar-refractivity contribution >= 4 is 0 Å². The summed E-state index contributed by atoms with van der Waals surface area (Å²) in [5.41, 5.74) is 0. The van der Waals surface area contributed by atoms with Gasteiger partial charge < -0.3 is 14.6 Å². The molecule has 0 aliphatic heterocycles. The molecule has 0 amide bonds. The van der Waals surface area contributed by atoms with Gasteiger partial charge in [0.2, 0.25) is 5.89 Å². The van der Waals surface area contributed by atoms with Gasteiger partial charge in [-0.15, -0.1) is 0 Å². The summed E-state index contributed by atoms with van der Waals surface area (Å²) in [6.07, 6.45) is 1.57. The molecule has 0 radical (unpaired) electrons. The van der Waals surface area contributed by atoms with E-state index in [4.69, 9.17) is 9.26 Å². The monoisotopic (exact) mass is 213 g/mol. The van der Waals surface area contributed by atoms with Crippen molar-refractivity contribution in [1.82, 2.24) is 15.5 Å². The van der Waals surface area contributed by atoms with Crippen molar-refractivity contribution in [2.75, 3.05) is 14.2 Å². The second-order valence-electron chi connectivity index (χ2n) is 3.75. The number of likely N-dealkylation sites (N-methyl/N-ethyl adjacent to an activating group) is 1. The van der Waals surface area contributed by atoms with Gasteiger partial charge in [-0.3, -0.25) is 0 Å². The maximum Gasteiger partial charge on any atom is 0.228 e. The van der Waals surface area contributed by atoms with E-state index < -0.39 is 0 Å². The molecule has 0 saturated carbocycles. The maximum atomic E-state index is 5.13. The van der Waals surface area contributed by atoms with Crippen molar-refractivity contribution in [3.8, 4) is 0 Å². The van der Waals surface area contributed by atoms with Crippen LogP contribution in [0, 0.1) is 0 Å². The SMILES string of the molecule is CNC(C)Cc1nc(CC(C)OC)no1. The van der Waals surface area contributed by atoms with Gasteiger partial charge in [-0.1, -0.05) is 5.16 Å². The fourth-order valence-electron chi connectivity index (χ4n) is 1.16. The second-order valence-corrected chi connectivity index (χ2v) is 3.75. The van der Waals surface area contributed by atoms with E-state index in [-0.39, 0.29) is 6.10 Å². The van der Waals surface area contributed by atoms with E-state index in [0.29, 0.717) is 24.2 Å². The van der Waals surface area contributed by atoms with Crippen molar-refractivity contribution in [3.63, 3.8) is 0 Å². The molecule has 0 spiro atoms. The summed E-state index contributed by atoms with van der Waals surface area (Å²) >= 11 is 0. The standard InChI is InChI=1S/C10H19N3O2/c1-7(11-3)5-10-12-9(13-15-10)6-8(2)14-4/h7-8,11H,5-6H2,1-4H3. The van der Waals surface area contributed by atoms with Crippen LogP contribution in [0.15, 0.2) is 4.52 Å². The minimum Gasteiger partial charge on any atom is -0.381 e. The van der Waals surface area contributed by atoms with Gasteiger partial charge in [-0.2, -0.15) is 4.98 Å². The molecule has 0 saturated heterocycles. The summed E-state index contributed by atoms with van der Waals surface area (Å²) in [5.74, 6) is 1.39. The van der Waals surface area contributed by atoms with Crippen LogP contribution in [-0.4, -0.2) is 36.4 Å². The molecule has 0 aliphatic rings. The lowest BCUT2D eigenvalue weighted by Crippen LogP contribution is -2.23. The van der Waals surface area contributed by atoms with Gasteiger partial charge >= 0.3 is 0 Å². The van der Waals surface area contributed by atoms with Gasteiger partial charge in [0.25, 0.3) is 0 Å². The number of aromatic nitrogens is 2. The molecule has 0 bridgehead atoms. The highest BCUT2D eigenvalue weighted by Crippen LogP contribution is 2.04. The van der Waals surface area contributed by atoms with Crippen LogP contribution >= 0.6 is 0 Å². The molecule has 1 rings (SSSR count). The summed E-state index contributed by atoms with van der Waals surface area (Å²) in [7, 11) is 3.59. The summed E-state index contributed by atoms with van der Waals surface area (Å²) in [4.78, 5) is 4.29. The Morgan fingerprint density at radius 3 is 2.73 bits per heavy atom. The zero-order valence-electron chi connectivity index (χ0n) is 9.78. The highest BCUT2D eigenvalue weighted by molar-refractivity contribution is 4.90. The Morgan fingerprint density at radius 1 is 1.40 bits per heavy atom. The Kier molecular flexibility index (Phi) is 4.71. The van der Waals surface area contributed by atoms with Crippen molar-refractivity contribution in [2.24, 2.45) is 0 Å². The minimum atomic E-state index is 0.122. The van der Waals surface area contributed by atoms with E-state index in [1.165, 1.54) is 0 Å². The van der Waals surface area contributed by atoms with Gasteiger partial charge in [-0.25, -0.2) is 0 Å². The van der Waals surface area contributed by atoms with E-state index in [1.807, 2.05) is 14.0 Å². The first-order valence-corrected chi connectivity index (χ1v) is 5.17. The first-order valence-electron chi connectivity index (χ1n) is 5.17. The molecule has 0 fully saturated rings. The molecule has 15 heavy (non-hydrogen) atoms. The number of ether oxygens (including phenoxy) is 1. The summed E-state index contributed by atoms with van der Waals surface area (Å²) in [5, 5.41) is 7.02. The fraction of sp³-hybridized carbons (Fsp3) is 0.800. The molecule has 2 unspecified atom stereocenters.